The van der Waals surface area contributed by atoms with Crippen molar-refractivity contribution in [3.63, 3.8) is 0 Å². The number of allylic oxidation sites excluding steroid dienone is 3. The number of esters is 1. The van der Waals surface area contributed by atoms with Gasteiger partial charge in [0.25, 0.3) is 0 Å². The minimum absolute atomic E-state index is 0.0429. The van der Waals surface area contributed by atoms with Gasteiger partial charge in [0.05, 0.1) is 33.8 Å². The van der Waals surface area contributed by atoms with Gasteiger partial charge in [-0.3, -0.25) is 18.6 Å². The van der Waals surface area contributed by atoms with E-state index in [1.807, 2.05) is 33.3 Å². The van der Waals surface area contributed by atoms with Crippen LogP contribution in [0.3, 0.4) is 0 Å². The van der Waals surface area contributed by atoms with Gasteiger partial charge in [-0.1, -0.05) is 277 Å². The lowest BCUT2D eigenvalue weighted by Gasteiger charge is -2.27. The maximum atomic E-state index is 13.5. The molecule has 0 spiro atoms. The van der Waals surface area contributed by atoms with Gasteiger partial charge in [-0.25, -0.2) is 4.57 Å². The average Bonchev–Trinajstić information content (AvgIpc) is 3.36. The number of hydrogen-bond acceptors (Lipinski definition) is 6. The molecule has 2 N–H and O–H groups in total. The van der Waals surface area contributed by atoms with Gasteiger partial charge in [0.2, 0.25) is 5.91 Å². The predicted octanol–water partition coefficient (Wildman–Crippen LogP) is 19.7. The van der Waals surface area contributed by atoms with Crippen LogP contribution >= 0.6 is 7.82 Å². The van der Waals surface area contributed by atoms with Crippen molar-refractivity contribution < 1.29 is 37.3 Å². The summed E-state index contributed by atoms with van der Waals surface area (Å²) in [4.78, 5) is 37.7. The molecule has 438 valence electrons. The van der Waals surface area contributed by atoms with E-state index >= 15 is 0 Å². The van der Waals surface area contributed by atoms with E-state index in [0.717, 1.165) is 64.2 Å². The van der Waals surface area contributed by atoms with Crippen LogP contribution in [-0.4, -0.2) is 74.3 Å². The minimum Gasteiger partial charge on any atom is -0.456 e. The van der Waals surface area contributed by atoms with Crippen LogP contribution in [-0.2, 0) is 27.9 Å². The maximum absolute atomic E-state index is 13.5. The number of quaternary nitrogens is 1. The SMILES string of the molecule is CCCCCC/C=C\CCCCCCCCCC(=O)NC(COP(=O)(O)OCC[N+](C)(C)C)C(/C=C\CCCCCCCCCCCC)OC(=O)CCCCCCCCCCCCCCCCCCCCCCC. The van der Waals surface area contributed by atoms with Crippen molar-refractivity contribution >= 4 is 19.7 Å². The Morgan fingerprint density at radius 2 is 0.784 bits per heavy atom. The van der Waals surface area contributed by atoms with Crippen molar-refractivity contribution in [1.82, 2.24) is 5.32 Å². The van der Waals surface area contributed by atoms with Crippen molar-refractivity contribution in [3.8, 4) is 0 Å². The van der Waals surface area contributed by atoms with Crippen LogP contribution in [0.15, 0.2) is 24.3 Å². The highest BCUT2D eigenvalue weighted by Gasteiger charge is 2.30. The zero-order chi connectivity index (χ0) is 54.3. The zero-order valence-electron chi connectivity index (χ0n) is 50.1. The van der Waals surface area contributed by atoms with E-state index in [-0.39, 0.29) is 25.1 Å². The Morgan fingerprint density at radius 1 is 0.459 bits per heavy atom. The molecule has 0 aromatic carbocycles. The number of unbranched alkanes of at least 4 members (excludes halogenated alkanes) is 41. The quantitative estimate of drug-likeness (QED) is 0.0205. The van der Waals surface area contributed by atoms with Gasteiger partial charge in [-0.05, 0) is 57.4 Å². The molecule has 10 heteroatoms. The standard InChI is InChI=1S/C64H125N2O7P/c1-7-10-13-16-19-22-25-28-30-31-32-33-34-35-37-39-42-45-48-51-54-57-64(68)73-62(55-52-49-46-43-40-27-24-21-18-15-12-9-3)61(60-72-74(69,70)71-59-58-66(4,5)6)65-63(67)56-53-50-47-44-41-38-36-29-26-23-20-17-14-11-8-2/h23,26,52,55,61-62H,7-22,24-25,27-51,53-54,56-60H2,1-6H3,(H-,65,67,69,70)/p+1/b26-23-,55-52-. The summed E-state index contributed by atoms with van der Waals surface area (Å²) < 4.78 is 30.7. The number of phosphoric acid groups is 1. The second kappa shape index (κ2) is 54.8. The summed E-state index contributed by atoms with van der Waals surface area (Å²) in [6, 6.07) is -0.844. The van der Waals surface area contributed by atoms with Gasteiger partial charge < -0.3 is 19.4 Å². The Labute approximate surface area is 460 Å². The number of nitrogens with one attached hydrogen (secondary N) is 1. The topological polar surface area (TPSA) is 111 Å². The number of likely N-dealkylation sites (N-methyl/N-ethyl adjacent to an activating group) is 1. The zero-order valence-corrected chi connectivity index (χ0v) is 51.0. The normalized spacial score (nSPS) is 13.8. The molecule has 74 heavy (non-hydrogen) atoms. The fourth-order valence-electron chi connectivity index (χ4n) is 9.64. The largest absolute Gasteiger partial charge is 0.472 e. The fraction of sp³-hybridized carbons (Fsp3) is 0.906. The van der Waals surface area contributed by atoms with Gasteiger partial charge in [0.1, 0.15) is 19.3 Å². The van der Waals surface area contributed by atoms with Crippen molar-refractivity contribution in [2.24, 2.45) is 0 Å². The molecule has 0 rings (SSSR count). The van der Waals surface area contributed by atoms with Crippen molar-refractivity contribution in [3.05, 3.63) is 24.3 Å². The number of amides is 1. The van der Waals surface area contributed by atoms with E-state index in [0.29, 0.717) is 23.9 Å². The molecule has 0 aromatic heterocycles. The van der Waals surface area contributed by atoms with Crippen LogP contribution < -0.4 is 5.32 Å². The lowest BCUT2D eigenvalue weighted by Crippen LogP contribution is -2.47. The van der Waals surface area contributed by atoms with Crippen LogP contribution in [0, 0.1) is 0 Å². The first-order valence-corrected chi connectivity index (χ1v) is 33.7. The first kappa shape index (κ1) is 72.5. The van der Waals surface area contributed by atoms with Crippen LogP contribution in [0.25, 0.3) is 0 Å². The predicted molar refractivity (Wildman–Crippen MR) is 319 cm³/mol. The van der Waals surface area contributed by atoms with Crippen molar-refractivity contribution in [2.75, 3.05) is 40.9 Å². The lowest BCUT2D eigenvalue weighted by molar-refractivity contribution is -0.870. The van der Waals surface area contributed by atoms with E-state index in [1.54, 1.807) is 0 Å². The maximum Gasteiger partial charge on any atom is 0.472 e. The minimum atomic E-state index is -4.44. The molecule has 9 nitrogen and oxygen atoms in total. The molecule has 0 fully saturated rings. The van der Waals surface area contributed by atoms with E-state index in [9.17, 15) is 19.0 Å². The van der Waals surface area contributed by atoms with E-state index in [4.69, 9.17) is 13.8 Å². The Balaban J connectivity index is 5.15. The summed E-state index contributed by atoms with van der Waals surface area (Å²) in [5.41, 5.74) is 0. The number of phosphoric ester groups is 1. The number of rotatable bonds is 59. The molecule has 0 aliphatic carbocycles. The van der Waals surface area contributed by atoms with Crippen LogP contribution in [0.5, 0.6) is 0 Å². The van der Waals surface area contributed by atoms with Crippen molar-refractivity contribution in [1.29, 1.82) is 0 Å². The first-order valence-electron chi connectivity index (χ1n) is 32.2. The molecule has 0 radical (unpaired) electrons. The molecule has 3 atom stereocenters. The van der Waals surface area contributed by atoms with E-state index in [1.165, 1.54) is 225 Å². The highest BCUT2D eigenvalue weighted by Crippen LogP contribution is 2.43. The molecule has 0 bridgehead atoms. The molecule has 0 aliphatic heterocycles. The first-order chi connectivity index (χ1) is 35.9. The van der Waals surface area contributed by atoms with Gasteiger partial charge >= 0.3 is 13.8 Å². The third kappa shape index (κ3) is 55.3. The molecule has 1 amide bonds. The summed E-state index contributed by atoms with van der Waals surface area (Å²) >= 11 is 0. The average molecular weight is 1070 g/mol. The Hall–Kier alpha value is -1.51. The molecule has 0 saturated carbocycles. The molecular formula is C64H126N2O7P+. The van der Waals surface area contributed by atoms with Crippen molar-refractivity contribution in [2.45, 2.75) is 335 Å². The smallest absolute Gasteiger partial charge is 0.456 e. The van der Waals surface area contributed by atoms with Crippen LogP contribution in [0.1, 0.15) is 323 Å². The van der Waals surface area contributed by atoms with Gasteiger partial charge in [-0.2, -0.15) is 0 Å². The molecule has 0 saturated heterocycles. The van der Waals surface area contributed by atoms with Crippen LogP contribution in [0.2, 0.25) is 0 Å². The number of ether oxygens (including phenoxy) is 1. The summed E-state index contributed by atoms with van der Waals surface area (Å²) in [6.07, 6.45) is 64.6. The van der Waals surface area contributed by atoms with Gasteiger partial charge in [0.15, 0.2) is 0 Å². The highest BCUT2D eigenvalue weighted by atomic mass is 31.2. The monoisotopic (exact) mass is 1070 g/mol. The Kier molecular flexibility index (Phi) is 53.7. The van der Waals surface area contributed by atoms with Gasteiger partial charge in [0, 0.05) is 12.8 Å². The Bertz CT molecular complexity index is 1320. The molecular weight excluding hydrogens is 940 g/mol. The van der Waals surface area contributed by atoms with Crippen LogP contribution in [0.4, 0.5) is 0 Å². The fourth-order valence-corrected chi connectivity index (χ4v) is 10.4. The third-order valence-electron chi connectivity index (χ3n) is 14.6. The molecule has 0 heterocycles. The number of nitrogens with zero attached hydrogens (tertiary/aromatic N) is 1. The highest BCUT2D eigenvalue weighted by molar-refractivity contribution is 7.47. The summed E-state index contributed by atoms with van der Waals surface area (Å²) in [5.74, 6) is -0.493. The van der Waals surface area contributed by atoms with E-state index < -0.39 is 20.0 Å². The molecule has 0 aliphatic rings. The number of carbonyl (C=O) groups excluding carboxylic acids is 2. The summed E-state index contributed by atoms with van der Waals surface area (Å²) in [5, 5.41) is 3.06. The number of hydrogen-bond donors (Lipinski definition) is 2. The molecule has 0 aromatic rings. The Morgan fingerprint density at radius 3 is 1.16 bits per heavy atom. The lowest BCUT2D eigenvalue weighted by atomic mass is 10.0. The summed E-state index contributed by atoms with van der Waals surface area (Å²) in [6.45, 7) is 7.04. The number of carbonyl (C=O) groups is 2. The second-order valence-electron chi connectivity index (χ2n) is 23.3. The van der Waals surface area contributed by atoms with Gasteiger partial charge in [-0.15, -0.1) is 0 Å². The van der Waals surface area contributed by atoms with E-state index in [2.05, 4.69) is 38.2 Å². The second-order valence-corrected chi connectivity index (χ2v) is 24.7. The third-order valence-corrected chi connectivity index (χ3v) is 15.6. The summed E-state index contributed by atoms with van der Waals surface area (Å²) in [7, 11) is 1.51. The molecule has 3 unspecified atom stereocenters.